The van der Waals surface area contributed by atoms with Crippen LogP contribution in [-0.2, 0) is 14.8 Å². The molecule has 1 atom stereocenters. The summed E-state index contributed by atoms with van der Waals surface area (Å²) in [7, 11) is -2.93. The maximum Gasteiger partial charge on any atom is 0.327 e. The van der Waals surface area contributed by atoms with Gasteiger partial charge in [0.05, 0.1) is 13.3 Å². The number of carboxylic acids is 1. The Morgan fingerprint density at radius 3 is 2.32 bits per heavy atom. The van der Waals surface area contributed by atoms with E-state index >= 15 is 0 Å². The van der Waals surface area contributed by atoms with Crippen LogP contribution in [0.15, 0.2) is 36.4 Å². The van der Waals surface area contributed by atoms with Crippen LogP contribution < -0.4 is 4.74 Å². The predicted molar refractivity (Wildman–Crippen MR) is 82.4 cm³/mol. The lowest BCUT2D eigenvalue weighted by molar-refractivity contribution is -0.142. The van der Waals surface area contributed by atoms with E-state index in [2.05, 4.69) is 0 Å². The molecule has 3 N–H and O–H groups in total. The van der Waals surface area contributed by atoms with Crippen LogP contribution in [0.3, 0.4) is 0 Å². The van der Waals surface area contributed by atoms with Crippen LogP contribution in [0.2, 0.25) is 0 Å². The lowest BCUT2D eigenvalue weighted by atomic mass is 9.83. The predicted octanol–water partition coefficient (Wildman–Crippen LogP) is 2.37. The van der Waals surface area contributed by atoms with Crippen LogP contribution in [0.5, 0.6) is 5.75 Å². The molecule has 2 aromatic carbocycles. The normalized spacial score (nSPS) is 14.5. The molecule has 0 aromatic heterocycles. The molecule has 2 aromatic rings. The molecule has 0 bridgehead atoms. The Bertz CT molecular complexity index is 766. The monoisotopic (exact) mass is 324 g/mol. The highest BCUT2D eigenvalue weighted by Crippen LogP contribution is 2.44. The minimum Gasteiger partial charge on any atom is -0.497 e. The van der Waals surface area contributed by atoms with Gasteiger partial charge < -0.3 is 19.6 Å². The van der Waals surface area contributed by atoms with E-state index in [4.69, 9.17) is 4.74 Å². The second-order valence-electron chi connectivity index (χ2n) is 5.39. The number of aliphatic carboxylic acids is 1. The molecule has 0 saturated carbocycles. The fourth-order valence-electron chi connectivity index (χ4n) is 2.39. The molecule has 22 heavy (non-hydrogen) atoms. The van der Waals surface area contributed by atoms with Gasteiger partial charge in [-0.15, -0.1) is 0 Å². The molecule has 0 saturated heterocycles. The topological polar surface area (TPSA) is 104 Å². The van der Waals surface area contributed by atoms with Crippen LogP contribution in [-0.4, -0.2) is 34.1 Å². The van der Waals surface area contributed by atoms with Crippen molar-refractivity contribution in [3.05, 3.63) is 42.0 Å². The molecule has 0 aliphatic heterocycles. The summed E-state index contributed by atoms with van der Waals surface area (Å²) in [5, 5.41) is 11.1. The standard InChI is InChI=1S/C15H17O6P/c1-15(14(16)17,9-22(18,19)20)12-5-3-11-8-13(21-2)6-4-10(11)7-12/h3-8H,9H2,1-2H3,(H,16,17)(H2,18,19,20)/t15-/m0/s1. The lowest BCUT2D eigenvalue weighted by Crippen LogP contribution is -2.36. The van der Waals surface area contributed by atoms with Crippen LogP contribution in [0.1, 0.15) is 12.5 Å². The highest BCUT2D eigenvalue weighted by molar-refractivity contribution is 7.51. The number of ether oxygens (including phenoxy) is 1. The second kappa shape index (κ2) is 5.72. The van der Waals surface area contributed by atoms with Crippen molar-refractivity contribution in [3.8, 4) is 5.75 Å². The zero-order valence-corrected chi connectivity index (χ0v) is 13.1. The largest absolute Gasteiger partial charge is 0.497 e. The second-order valence-corrected chi connectivity index (χ2v) is 7.03. The van der Waals surface area contributed by atoms with Gasteiger partial charge in [-0.2, -0.15) is 0 Å². The average Bonchev–Trinajstić information content (AvgIpc) is 2.44. The van der Waals surface area contributed by atoms with Crippen molar-refractivity contribution in [1.29, 1.82) is 0 Å². The van der Waals surface area contributed by atoms with E-state index in [0.29, 0.717) is 11.3 Å². The molecule has 7 heteroatoms. The summed E-state index contributed by atoms with van der Waals surface area (Å²) in [6.07, 6.45) is -0.753. The van der Waals surface area contributed by atoms with Gasteiger partial charge in [0.15, 0.2) is 0 Å². The smallest absolute Gasteiger partial charge is 0.327 e. The Hall–Kier alpha value is -1.88. The summed E-state index contributed by atoms with van der Waals surface area (Å²) in [6, 6.07) is 10.3. The fourth-order valence-corrected chi connectivity index (χ4v) is 3.53. The minimum atomic E-state index is -4.48. The number of fused-ring (bicyclic) bond motifs is 1. The van der Waals surface area contributed by atoms with Gasteiger partial charge in [0.1, 0.15) is 11.2 Å². The van der Waals surface area contributed by atoms with Crippen molar-refractivity contribution < 1.29 is 29.0 Å². The summed E-state index contributed by atoms with van der Waals surface area (Å²) in [4.78, 5) is 29.9. The summed E-state index contributed by atoms with van der Waals surface area (Å²) in [5.74, 6) is -0.597. The number of rotatable bonds is 5. The Morgan fingerprint density at radius 1 is 1.18 bits per heavy atom. The van der Waals surface area contributed by atoms with Gasteiger partial charge in [0.2, 0.25) is 0 Å². The summed E-state index contributed by atoms with van der Waals surface area (Å²) in [6.45, 7) is 1.32. The van der Waals surface area contributed by atoms with E-state index in [1.54, 1.807) is 43.5 Å². The van der Waals surface area contributed by atoms with Crippen molar-refractivity contribution in [1.82, 2.24) is 0 Å². The molecule has 118 valence electrons. The van der Waals surface area contributed by atoms with Crippen LogP contribution in [0.4, 0.5) is 0 Å². The number of benzene rings is 2. The molecule has 0 radical (unpaired) electrons. The third kappa shape index (κ3) is 3.30. The molecule has 0 spiro atoms. The van der Waals surface area contributed by atoms with Crippen LogP contribution in [0, 0.1) is 0 Å². The first-order valence-electron chi connectivity index (χ1n) is 6.52. The van der Waals surface area contributed by atoms with Crippen molar-refractivity contribution in [2.75, 3.05) is 13.3 Å². The molecule has 6 nitrogen and oxygen atoms in total. The molecule has 2 rings (SSSR count). The molecule has 0 aliphatic rings. The Kier molecular flexibility index (Phi) is 4.29. The Morgan fingerprint density at radius 2 is 1.77 bits per heavy atom. The van der Waals surface area contributed by atoms with Crippen molar-refractivity contribution in [3.63, 3.8) is 0 Å². The highest BCUT2D eigenvalue weighted by Gasteiger charge is 2.41. The number of hydrogen-bond acceptors (Lipinski definition) is 3. The molecule has 0 unspecified atom stereocenters. The van der Waals surface area contributed by atoms with Gasteiger partial charge in [-0.3, -0.25) is 9.36 Å². The molecular weight excluding hydrogens is 307 g/mol. The molecule has 0 aliphatic carbocycles. The highest BCUT2D eigenvalue weighted by atomic mass is 31.2. The van der Waals surface area contributed by atoms with E-state index in [1.165, 1.54) is 6.92 Å². The third-order valence-corrected chi connectivity index (χ3v) is 4.72. The molecule has 0 amide bonds. The van der Waals surface area contributed by atoms with Gasteiger partial charge in [0.25, 0.3) is 0 Å². The summed E-state index contributed by atoms with van der Waals surface area (Å²) >= 11 is 0. The molecular formula is C15H17O6P. The summed E-state index contributed by atoms with van der Waals surface area (Å²) in [5.41, 5.74) is -1.31. The van der Waals surface area contributed by atoms with Crippen molar-refractivity contribution >= 4 is 24.3 Å². The molecule has 0 fully saturated rings. The van der Waals surface area contributed by atoms with E-state index in [1.807, 2.05) is 0 Å². The molecule has 0 heterocycles. The third-order valence-electron chi connectivity index (χ3n) is 3.68. The van der Waals surface area contributed by atoms with Crippen LogP contribution >= 0.6 is 7.60 Å². The quantitative estimate of drug-likeness (QED) is 0.730. The van der Waals surface area contributed by atoms with Gasteiger partial charge in [0, 0.05) is 0 Å². The van der Waals surface area contributed by atoms with E-state index < -0.39 is 25.1 Å². The van der Waals surface area contributed by atoms with Gasteiger partial charge in [-0.25, -0.2) is 0 Å². The summed E-state index contributed by atoms with van der Waals surface area (Å²) < 4.78 is 16.4. The SMILES string of the molecule is COc1ccc2cc([C@](C)(CP(=O)(O)O)C(=O)O)ccc2c1. The number of methoxy groups -OCH3 is 1. The fraction of sp³-hybridized carbons (Fsp3) is 0.267. The lowest BCUT2D eigenvalue weighted by Gasteiger charge is -2.26. The zero-order chi connectivity index (χ0) is 16.5. The number of carbonyl (C=O) groups is 1. The minimum absolute atomic E-state index is 0.348. The maximum absolute atomic E-state index is 11.6. The first kappa shape index (κ1) is 16.5. The number of hydrogen-bond donors (Lipinski definition) is 3. The first-order chi connectivity index (χ1) is 10.2. The van der Waals surface area contributed by atoms with E-state index in [9.17, 15) is 24.3 Å². The van der Waals surface area contributed by atoms with Gasteiger partial charge >= 0.3 is 13.6 Å². The van der Waals surface area contributed by atoms with Gasteiger partial charge in [-0.1, -0.05) is 18.2 Å². The maximum atomic E-state index is 11.6. The van der Waals surface area contributed by atoms with Crippen molar-refractivity contribution in [2.45, 2.75) is 12.3 Å². The van der Waals surface area contributed by atoms with Gasteiger partial charge in [-0.05, 0) is 41.5 Å². The van der Waals surface area contributed by atoms with E-state index in [-0.39, 0.29) is 0 Å². The Balaban J connectivity index is 2.55. The van der Waals surface area contributed by atoms with Crippen molar-refractivity contribution in [2.24, 2.45) is 0 Å². The average molecular weight is 324 g/mol. The first-order valence-corrected chi connectivity index (χ1v) is 8.32. The zero-order valence-electron chi connectivity index (χ0n) is 12.2. The Labute approximate surface area is 127 Å². The van der Waals surface area contributed by atoms with E-state index in [0.717, 1.165) is 10.8 Å². The van der Waals surface area contributed by atoms with Crippen LogP contribution in [0.25, 0.3) is 10.8 Å². The number of carboxylic acid groups (broad SMARTS) is 1.